The first kappa shape index (κ1) is 63.5. The Morgan fingerprint density at radius 3 is 1.09 bits per heavy atom. The van der Waals surface area contributed by atoms with Gasteiger partial charge in [-0.15, -0.1) is 0 Å². The fourth-order valence-electron chi connectivity index (χ4n) is 8.37. The van der Waals surface area contributed by atoms with Gasteiger partial charge < -0.3 is 14.4 Å². The number of phosphoric acid groups is 1. The second kappa shape index (κ2) is 51.9. The van der Waals surface area contributed by atoms with E-state index in [0.29, 0.717) is 12.8 Å². The predicted molar refractivity (Wildman–Crippen MR) is 276 cm³/mol. The van der Waals surface area contributed by atoms with E-state index < -0.39 is 19.9 Å². The van der Waals surface area contributed by atoms with E-state index in [-0.39, 0.29) is 32.2 Å². The molecule has 65 heavy (non-hydrogen) atoms. The monoisotopic (exact) mass is 939 g/mol. The van der Waals surface area contributed by atoms with Crippen LogP contribution in [0.25, 0.3) is 0 Å². The minimum absolute atomic E-state index is 0.00272. The van der Waals surface area contributed by atoms with E-state index >= 15 is 0 Å². The summed E-state index contributed by atoms with van der Waals surface area (Å²) in [5.74, 6) is -0.782. The number of rotatable bonds is 53. The van der Waals surface area contributed by atoms with Crippen molar-refractivity contribution in [3.8, 4) is 0 Å². The number of hydrogen-bond donors (Lipinski definition) is 1. The van der Waals surface area contributed by atoms with E-state index in [1.807, 2.05) is 0 Å². The third-order valence-electron chi connectivity index (χ3n) is 12.5. The lowest BCUT2D eigenvalue weighted by Gasteiger charge is -2.19. The van der Waals surface area contributed by atoms with Gasteiger partial charge in [-0.2, -0.15) is 0 Å². The molecule has 0 rings (SSSR count). The highest BCUT2D eigenvalue weighted by atomic mass is 31.2. The van der Waals surface area contributed by atoms with Crippen LogP contribution in [0.2, 0.25) is 0 Å². The Morgan fingerprint density at radius 2 is 0.738 bits per heavy atom. The summed E-state index contributed by atoms with van der Waals surface area (Å²) in [6, 6.07) is 0. The summed E-state index contributed by atoms with van der Waals surface area (Å²) in [5, 5.41) is 0. The molecule has 0 saturated carbocycles. The summed E-state index contributed by atoms with van der Waals surface area (Å²) in [5.41, 5.74) is 0. The molecule has 384 valence electrons. The Balaban J connectivity index is 3.90. The van der Waals surface area contributed by atoms with Crippen molar-refractivity contribution in [1.82, 2.24) is 0 Å². The van der Waals surface area contributed by atoms with Gasteiger partial charge in [0, 0.05) is 12.8 Å². The van der Waals surface area contributed by atoms with E-state index in [9.17, 15) is 19.0 Å². The normalized spacial score (nSPS) is 13.2. The topological polar surface area (TPSA) is 108 Å². The zero-order valence-electron chi connectivity index (χ0n) is 43.2. The third kappa shape index (κ3) is 51.8. The van der Waals surface area contributed by atoms with Crippen molar-refractivity contribution in [1.29, 1.82) is 0 Å². The Hall–Kier alpha value is -1.47. The van der Waals surface area contributed by atoms with Crippen LogP contribution in [0.1, 0.15) is 297 Å². The van der Waals surface area contributed by atoms with Crippen molar-refractivity contribution in [3.05, 3.63) is 24.3 Å². The van der Waals surface area contributed by atoms with Crippen molar-refractivity contribution in [2.45, 2.75) is 303 Å². The Morgan fingerprint density at radius 1 is 0.415 bits per heavy atom. The Bertz CT molecular complexity index is 1110. The molecular formula is C56H107O8P. The third-order valence-corrected chi connectivity index (χ3v) is 13.6. The summed E-state index contributed by atoms with van der Waals surface area (Å²) in [6.45, 7) is 5.54. The number of carbonyl (C=O) groups excluding carboxylic acids is 2. The zero-order chi connectivity index (χ0) is 47.4. The molecule has 9 heteroatoms. The van der Waals surface area contributed by atoms with Crippen LogP contribution in [-0.4, -0.2) is 42.8 Å². The highest BCUT2D eigenvalue weighted by Crippen LogP contribution is 2.43. The van der Waals surface area contributed by atoms with Crippen LogP contribution in [0.4, 0.5) is 0 Å². The first-order valence-corrected chi connectivity index (χ1v) is 29.6. The number of carbonyl (C=O) groups is 2. The Labute approximate surface area is 403 Å². The van der Waals surface area contributed by atoms with Crippen molar-refractivity contribution >= 4 is 19.8 Å². The standard InChI is InChI=1S/C56H107O8P/c1-4-7-9-11-13-15-17-19-21-23-25-27-29-31-33-35-37-39-41-43-45-47-49-51-56(58)64-54(53-63-65(59,60)62-6-3)52-61-55(57)50-48-46-44-42-40-38-36-34-32-30-28-26-24-22-20-18-16-14-12-10-8-5-2/h17,19,23,25,54H,4-16,18,20-22,24,26-53H2,1-3H3,(H,59,60)/b19-17-,25-23-. The molecule has 2 unspecified atom stereocenters. The quantitative estimate of drug-likeness (QED) is 0.0278. The maximum absolute atomic E-state index is 12.7. The number of hydrogen-bond acceptors (Lipinski definition) is 7. The van der Waals surface area contributed by atoms with Gasteiger partial charge in [-0.3, -0.25) is 18.6 Å². The molecule has 0 amide bonds. The molecule has 0 aliphatic carbocycles. The van der Waals surface area contributed by atoms with Gasteiger partial charge in [-0.1, -0.05) is 256 Å². The molecule has 0 fully saturated rings. The zero-order valence-corrected chi connectivity index (χ0v) is 44.1. The van der Waals surface area contributed by atoms with Gasteiger partial charge in [0.05, 0.1) is 13.2 Å². The second-order valence-electron chi connectivity index (χ2n) is 19.0. The molecule has 0 heterocycles. The second-order valence-corrected chi connectivity index (χ2v) is 20.4. The van der Waals surface area contributed by atoms with Gasteiger partial charge in [0.2, 0.25) is 0 Å². The number of unbranched alkanes of at least 4 members (excludes halogenated alkanes) is 37. The van der Waals surface area contributed by atoms with Crippen LogP contribution in [0.15, 0.2) is 24.3 Å². The molecule has 0 aliphatic heterocycles. The van der Waals surface area contributed by atoms with Crippen molar-refractivity contribution < 1.29 is 37.6 Å². The average molecular weight is 939 g/mol. The van der Waals surface area contributed by atoms with Crippen molar-refractivity contribution in [2.24, 2.45) is 0 Å². The van der Waals surface area contributed by atoms with Gasteiger partial charge >= 0.3 is 19.8 Å². The molecule has 0 aromatic heterocycles. The number of ether oxygens (including phenoxy) is 2. The van der Waals surface area contributed by atoms with Crippen LogP contribution >= 0.6 is 7.82 Å². The number of phosphoric ester groups is 1. The van der Waals surface area contributed by atoms with Gasteiger partial charge in [-0.25, -0.2) is 4.57 Å². The lowest BCUT2D eigenvalue weighted by Crippen LogP contribution is -2.29. The average Bonchev–Trinajstić information content (AvgIpc) is 3.29. The molecule has 2 atom stereocenters. The molecule has 0 spiro atoms. The van der Waals surface area contributed by atoms with Crippen molar-refractivity contribution in [3.63, 3.8) is 0 Å². The van der Waals surface area contributed by atoms with Gasteiger partial charge in [0.25, 0.3) is 0 Å². The summed E-state index contributed by atoms with van der Waals surface area (Å²) in [6.07, 6.45) is 61.1. The van der Waals surface area contributed by atoms with E-state index in [1.54, 1.807) is 6.92 Å². The molecule has 0 aliphatic rings. The molecule has 0 saturated heterocycles. The van der Waals surface area contributed by atoms with Gasteiger partial charge in [-0.05, 0) is 51.9 Å². The summed E-state index contributed by atoms with van der Waals surface area (Å²) in [4.78, 5) is 35.0. The fourth-order valence-corrected chi connectivity index (χ4v) is 9.13. The molecule has 0 bridgehead atoms. The summed E-state index contributed by atoms with van der Waals surface area (Å²) >= 11 is 0. The van der Waals surface area contributed by atoms with Gasteiger partial charge in [0.15, 0.2) is 6.10 Å². The molecular weight excluding hydrogens is 832 g/mol. The van der Waals surface area contributed by atoms with Crippen LogP contribution < -0.4 is 0 Å². The largest absolute Gasteiger partial charge is 0.472 e. The predicted octanol–water partition coefficient (Wildman–Crippen LogP) is 18.5. The van der Waals surface area contributed by atoms with E-state index in [1.165, 1.54) is 218 Å². The summed E-state index contributed by atoms with van der Waals surface area (Å²) in [7, 11) is -4.29. The van der Waals surface area contributed by atoms with Gasteiger partial charge in [0.1, 0.15) is 6.61 Å². The van der Waals surface area contributed by atoms with E-state index in [2.05, 4.69) is 38.2 Å². The van der Waals surface area contributed by atoms with Crippen LogP contribution in [0, 0.1) is 0 Å². The lowest BCUT2D eigenvalue weighted by atomic mass is 10.0. The minimum Gasteiger partial charge on any atom is -0.462 e. The highest BCUT2D eigenvalue weighted by Gasteiger charge is 2.25. The number of allylic oxidation sites excluding steroid dienone is 4. The van der Waals surface area contributed by atoms with E-state index in [0.717, 1.165) is 38.5 Å². The highest BCUT2D eigenvalue weighted by molar-refractivity contribution is 7.47. The minimum atomic E-state index is -4.29. The molecule has 1 N–H and O–H groups in total. The van der Waals surface area contributed by atoms with Crippen molar-refractivity contribution in [2.75, 3.05) is 19.8 Å². The number of esters is 2. The molecule has 0 aromatic rings. The smallest absolute Gasteiger partial charge is 0.462 e. The Kier molecular flexibility index (Phi) is 50.7. The molecule has 0 radical (unpaired) electrons. The lowest BCUT2D eigenvalue weighted by molar-refractivity contribution is -0.161. The SMILES string of the molecule is CCCCCCC/C=C\C/C=C\CCCCCCCCCCCCCC(=O)OC(COC(=O)CCCCCCCCCCCCCCCCCCCCCCCC)COP(=O)(O)OCC. The fraction of sp³-hybridized carbons (Fsp3) is 0.893. The molecule has 0 aromatic carbocycles. The van der Waals surface area contributed by atoms with Crippen LogP contribution in [0.3, 0.4) is 0 Å². The maximum atomic E-state index is 12.7. The first-order chi connectivity index (χ1) is 31.8. The van der Waals surface area contributed by atoms with E-state index in [4.69, 9.17) is 18.5 Å². The maximum Gasteiger partial charge on any atom is 0.472 e. The summed E-state index contributed by atoms with van der Waals surface area (Å²) < 4.78 is 32.9. The van der Waals surface area contributed by atoms with Crippen LogP contribution in [0.5, 0.6) is 0 Å². The van der Waals surface area contributed by atoms with Crippen LogP contribution in [-0.2, 0) is 32.7 Å². The first-order valence-electron chi connectivity index (χ1n) is 28.1. The molecule has 8 nitrogen and oxygen atoms in total.